The molecule has 0 saturated carbocycles. The highest BCUT2D eigenvalue weighted by molar-refractivity contribution is 6.42. The molecular weight excluding hydrogens is 375 g/mol. The Morgan fingerprint density at radius 1 is 0.852 bits per heavy atom. The van der Waals surface area contributed by atoms with Gasteiger partial charge in [0, 0.05) is 13.0 Å². The maximum absolute atomic E-state index is 6.20. The molecule has 0 bridgehead atoms. The molecule has 0 aliphatic heterocycles. The number of benzene rings is 3. The van der Waals surface area contributed by atoms with E-state index >= 15 is 0 Å². The van der Waals surface area contributed by atoms with Crippen LogP contribution in [0.25, 0.3) is 22.2 Å². The highest BCUT2D eigenvalue weighted by atomic mass is 35.5. The summed E-state index contributed by atoms with van der Waals surface area (Å²) in [6.07, 6.45) is 1.99. The van der Waals surface area contributed by atoms with Gasteiger partial charge in [0.15, 0.2) is 0 Å². The zero-order chi connectivity index (χ0) is 18.8. The van der Waals surface area contributed by atoms with E-state index in [2.05, 4.69) is 54.0 Å². The molecule has 4 aromatic rings. The molecule has 0 N–H and O–H groups in total. The fourth-order valence-electron chi connectivity index (χ4n) is 3.40. The minimum Gasteiger partial charge on any atom is -0.323 e. The number of halogens is 2. The number of hydrogen-bond donors (Lipinski definition) is 0. The Hall–Kier alpha value is -2.29. The van der Waals surface area contributed by atoms with Crippen LogP contribution in [0.3, 0.4) is 0 Å². The summed E-state index contributed by atoms with van der Waals surface area (Å²) in [7, 11) is 0. The second-order valence-electron chi connectivity index (χ2n) is 6.68. The molecule has 27 heavy (non-hydrogen) atoms. The van der Waals surface area contributed by atoms with Gasteiger partial charge in [-0.3, -0.25) is 0 Å². The number of rotatable bonds is 5. The van der Waals surface area contributed by atoms with Crippen molar-refractivity contribution in [2.75, 3.05) is 0 Å². The molecule has 2 nitrogen and oxygen atoms in total. The van der Waals surface area contributed by atoms with Gasteiger partial charge in [-0.1, -0.05) is 72.6 Å². The zero-order valence-electron chi connectivity index (χ0n) is 15.1. The summed E-state index contributed by atoms with van der Waals surface area (Å²) in [4.78, 5) is 4.93. The van der Waals surface area contributed by atoms with Crippen molar-refractivity contribution in [2.45, 2.75) is 26.3 Å². The van der Waals surface area contributed by atoms with Crippen LogP contribution in [-0.2, 0) is 13.0 Å². The van der Waals surface area contributed by atoms with E-state index in [1.165, 1.54) is 11.1 Å². The van der Waals surface area contributed by atoms with E-state index < -0.39 is 0 Å². The van der Waals surface area contributed by atoms with Gasteiger partial charge in [-0.15, -0.1) is 0 Å². The second kappa shape index (κ2) is 7.75. The third-order valence-electron chi connectivity index (χ3n) is 4.73. The summed E-state index contributed by atoms with van der Waals surface area (Å²) in [6, 6.07) is 22.7. The van der Waals surface area contributed by atoms with Crippen molar-refractivity contribution >= 4 is 34.2 Å². The number of hydrogen-bond acceptors (Lipinski definition) is 1. The summed E-state index contributed by atoms with van der Waals surface area (Å²) in [5.41, 5.74) is 5.68. The van der Waals surface area contributed by atoms with E-state index in [-0.39, 0.29) is 0 Å². The van der Waals surface area contributed by atoms with Crippen molar-refractivity contribution in [3.8, 4) is 11.1 Å². The average molecular weight is 395 g/mol. The molecule has 0 saturated heterocycles. The molecule has 1 heterocycles. The van der Waals surface area contributed by atoms with Gasteiger partial charge in [0.25, 0.3) is 0 Å². The first-order chi connectivity index (χ1) is 13.2. The molecule has 0 aliphatic rings. The van der Waals surface area contributed by atoms with Gasteiger partial charge in [0.05, 0.1) is 21.1 Å². The third-order valence-corrected chi connectivity index (χ3v) is 5.47. The topological polar surface area (TPSA) is 17.8 Å². The molecule has 0 amide bonds. The standard InChI is InChI=1S/C23H20Cl2N2/c1-2-6-23-26-21-14-18(17-7-4-3-5-8-17)10-12-22(21)27(23)15-16-9-11-19(24)20(25)13-16/h3-5,7-14H,2,6,15H2,1H3. The fraction of sp³-hybridized carbons (Fsp3) is 0.174. The van der Waals surface area contributed by atoms with Crippen LogP contribution >= 0.6 is 23.2 Å². The summed E-state index contributed by atoms with van der Waals surface area (Å²) in [6.45, 7) is 2.91. The summed E-state index contributed by atoms with van der Waals surface area (Å²) >= 11 is 12.3. The van der Waals surface area contributed by atoms with Gasteiger partial charge in [0.1, 0.15) is 5.82 Å². The Kier molecular flexibility index (Phi) is 5.20. The van der Waals surface area contributed by atoms with Crippen LogP contribution in [0.2, 0.25) is 10.0 Å². The number of aryl methyl sites for hydroxylation is 1. The molecule has 136 valence electrons. The Labute approximate surface area is 169 Å². The normalized spacial score (nSPS) is 11.2. The molecule has 0 radical (unpaired) electrons. The molecule has 3 aromatic carbocycles. The van der Waals surface area contributed by atoms with Gasteiger partial charge < -0.3 is 4.57 Å². The highest BCUT2D eigenvalue weighted by Gasteiger charge is 2.12. The molecule has 4 heteroatoms. The summed E-state index contributed by atoms with van der Waals surface area (Å²) in [5, 5.41) is 1.17. The third kappa shape index (κ3) is 3.73. The first-order valence-electron chi connectivity index (χ1n) is 9.14. The molecule has 0 unspecified atom stereocenters. The predicted octanol–water partition coefficient (Wildman–Crippen LogP) is 7.01. The van der Waals surface area contributed by atoms with Crippen molar-refractivity contribution in [3.05, 3.63) is 88.2 Å². The van der Waals surface area contributed by atoms with Crippen molar-refractivity contribution in [1.82, 2.24) is 9.55 Å². The minimum atomic E-state index is 0.581. The Morgan fingerprint density at radius 3 is 2.41 bits per heavy atom. The first kappa shape index (κ1) is 18.1. The van der Waals surface area contributed by atoms with Crippen molar-refractivity contribution in [2.24, 2.45) is 0 Å². The molecule has 0 fully saturated rings. The molecule has 0 aliphatic carbocycles. The maximum atomic E-state index is 6.20. The minimum absolute atomic E-state index is 0.581. The lowest BCUT2D eigenvalue weighted by molar-refractivity contribution is 0.722. The Bertz CT molecular complexity index is 1080. The van der Waals surface area contributed by atoms with E-state index in [0.717, 1.165) is 41.8 Å². The summed E-state index contributed by atoms with van der Waals surface area (Å²) < 4.78 is 2.28. The Balaban J connectivity index is 1.78. The number of fused-ring (bicyclic) bond motifs is 1. The first-order valence-corrected chi connectivity index (χ1v) is 9.90. The SMILES string of the molecule is CCCc1nc2cc(-c3ccccc3)ccc2n1Cc1ccc(Cl)c(Cl)c1. The van der Waals surface area contributed by atoms with Crippen LogP contribution in [0.5, 0.6) is 0 Å². The lowest BCUT2D eigenvalue weighted by atomic mass is 10.1. The molecule has 0 atom stereocenters. The summed E-state index contributed by atoms with van der Waals surface area (Å²) in [5.74, 6) is 1.10. The van der Waals surface area contributed by atoms with Crippen molar-refractivity contribution in [3.63, 3.8) is 0 Å². The zero-order valence-corrected chi connectivity index (χ0v) is 16.6. The van der Waals surface area contributed by atoms with Gasteiger partial charge >= 0.3 is 0 Å². The second-order valence-corrected chi connectivity index (χ2v) is 7.50. The van der Waals surface area contributed by atoms with Crippen LogP contribution in [0, 0.1) is 0 Å². The van der Waals surface area contributed by atoms with Crippen LogP contribution in [0.4, 0.5) is 0 Å². The molecule has 0 spiro atoms. The highest BCUT2D eigenvalue weighted by Crippen LogP contribution is 2.27. The van der Waals surface area contributed by atoms with Crippen molar-refractivity contribution in [1.29, 1.82) is 0 Å². The quantitative estimate of drug-likeness (QED) is 0.355. The lowest BCUT2D eigenvalue weighted by Gasteiger charge is -2.10. The Morgan fingerprint density at radius 2 is 1.67 bits per heavy atom. The molecule has 1 aromatic heterocycles. The monoisotopic (exact) mass is 394 g/mol. The maximum Gasteiger partial charge on any atom is 0.110 e. The predicted molar refractivity (Wildman–Crippen MR) is 115 cm³/mol. The van der Waals surface area contributed by atoms with Gasteiger partial charge in [-0.25, -0.2) is 4.98 Å². The van der Waals surface area contributed by atoms with Gasteiger partial charge in [0.2, 0.25) is 0 Å². The van der Waals surface area contributed by atoms with Crippen LogP contribution in [0.1, 0.15) is 24.7 Å². The molecule has 4 rings (SSSR count). The molecular formula is C23H20Cl2N2. The van der Waals surface area contributed by atoms with E-state index in [9.17, 15) is 0 Å². The van der Waals surface area contributed by atoms with Crippen LogP contribution < -0.4 is 0 Å². The lowest BCUT2D eigenvalue weighted by Crippen LogP contribution is -2.05. The number of nitrogens with zero attached hydrogens (tertiary/aromatic N) is 2. The van der Waals surface area contributed by atoms with Gasteiger partial charge in [-0.2, -0.15) is 0 Å². The van der Waals surface area contributed by atoms with E-state index in [1.54, 1.807) is 0 Å². The largest absolute Gasteiger partial charge is 0.323 e. The van der Waals surface area contributed by atoms with Crippen LogP contribution in [0.15, 0.2) is 66.7 Å². The van der Waals surface area contributed by atoms with Crippen molar-refractivity contribution < 1.29 is 0 Å². The van der Waals surface area contributed by atoms with E-state index in [1.807, 2.05) is 24.3 Å². The number of aromatic nitrogens is 2. The van der Waals surface area contributed by atoms with E-state index in [0.29, 0.717) is 10.0 Å². The fourth-order valence-corrected chi connectivity index (χ4v) is 3.72. The van der Waals surface area contributed by atoms with Crippen LogP contribution in [-0.4, -0.2) is 9.55 Å². The average Bonchev–Trinajstić information content (AvgIpc) is 3.02. The van der Waals surface area contributed by atoms with E-state index in [4.69, 9.17) is 28.2 Å². The smallest absolute Gasteiger partial charge is 0.110 e. The van der Waals surface area contributed by atoms with Gasteiger partial charge in [-0.05, 0) is 47.4 Å². The number of imidazole rings is 1.